The third-order valence-corrected chi connectivity index (χ3v) is 3.53. The van der Waals surface area contributed by atoms with Gasteiger partial charge in [0.05, 0.1) is 0 Å². The third-order valence-electron chi connectivity index (χ3n) is 2.46. The molecule has 0 bridgehead atoms. The topological polar surface area (TPSA) is 0 Å². The van der Waals surface area contributed by atoms with Crippen LogP contribution in [0.5, 0.6) is 0 Å². The maximum absolute atomic E-state index is 2.44. The van der Waals surface area contributed by atoms with Crippen molar-refractivity contribution in [1.29, 1.82) is 0 Å². The predicted octanol–water partition coefficient (Wildman–Crippen LogP) is 3.18. The van der Waals surface area contributed by atoms with Crippen molar-refractivity contribution in [2.75, 3.05) is 0 Å². The zero-order valence-electron chi connectivity index (χ0n) is 7.39. The van der Waals surface area contributed by atoms with Gasteiger partial charge in [-0.3, -0.25) is 0 Å². The van der Waals surface area contributed by atoms with Crippen molar-refractivity contribution >= 4 is 0 Å². The van der Waals surface area contributed by atoms with Gasteiger partial charge in [-0.2, -0.15) is 0 Å². The van der Waals surface area contributed by atoms with Crippen LogP contribution in [0.3, 0.4) is 0 Å². The molecule has 0 aromatic rings. The molecule has 0 radical (unpaired) electrons. The van der Waals surface area contributed by atoms with Gasteiger partial charge in [-0.25, -0.2) is 0 Å². The molecule has 1 aliphatic rings. The van der Waals surface area contributed by atoms with Crippen molar-refractivity contribution < 1.29 is 19.8 Å². The van der Waals surface area contributed by atoms with E-state index in [2.05, 4.69) is 52.7 Å². The van der Waals surface area contributed by atoms with Crippen LogP contribution in [-0.4, -0.2) is 0 Å². The first-order valence-electron chi connectivity index (χ1n) is 4.10. The van der Waals surface area contributed by atoms with Gasteiger partial charge in [0.25, 0.3) is 0 Å². The fourth-order valence-electron chi connectivity index (χ4n) is 1.23. The summed E-state index contributed by atoms with van der Waals surface area (Å²) in [4.78, 5) is 0. The standard InChI is InChI=1S/C10H15.Pt/c1-4-10(2,3)9-7-5-6-8-9;/h5,7H,4,6H2,1-3H3;. The first kappa shape index (κ1) is 9.26. The summed E-state index contributed by atoms with van der Waals surface area (Å²) in [5, 5.41) is 0. The Morgan fingerprint density at radius 1 is 1.55 bits per heavy atom. The Balaban J connectivity index is 2.89. The normalized spacial score (nSPS) is 18.3. The molecule has 0 amide bonds. The summed E-state index contributed by atoms with van der Waals surface area (Å²) in [7, 11) is 0. The Morgan fingerprint density at radius 2 is 2.18 bits per heavy atom. The first-order valence-corrected chi connectivity index (χ1v) is 5.24. The molecule has 0 heterocycles. The molecule has 1 heteroatoms. The summed E-state index contributed by atoms with van der Waals surface area (Å²) >= 11 is 2.44. The van der Waals surface area contributed by atoms with Gasteiger partial charge in [0.15, 0.2) is 0 Å². The second kappa shape index (κ2) is 3.27. The fraction of sp³-hybridized carbons (Fsp3) is 0.600. The van der Waals surface area contributed by atoms with Crippen molar-refractivity contribution in [1.82, 2.24) is 0 Å². The average molecular weight is 330 g/mol. The van der Waals surface area contributed by atoms with E-state index in [1.54, 1.807) is 5.57 Å². The summed E-state index contributed by atoms with van der Waals surface area (Å²) in [5.74, 6) is 0. The molecule has 0 nitrogen and oxygen atoms in total. The Bertz CT molecular complexity index is 209. The van der Waals surface area contributed by atoms with Crippen molar-refractivity contribution in [3.8, 4) is 0 Å². The van der Waals surface area contributed by atoms with E-state index in [1.165, 1.54) is 10.4 Å². The van der Waals surface area contributed by atoms with Crippen LogP contribution < -0.4 is 0 Å². The van der Waals surface area contributed by atoms with E-state index < -0.39 is 0 Å². The zero-order valence-corrected chi connectivity index (χ0v) is 9.66. The summed E-state index contributed by atoms with van der Waals surface area (Å²) in [6, 6.07) is 0. The molecule has 0 N–H and O–H groups in total. The summed E-state index contributed by atoms with van der Waals surface area (Å²) in [6.45, 7) is 6.89. The number of hydrogen-bond acceptors (Lipinski definition) is 0. The predicted molar refractivity (Wildman–Crippen MR) is 44.9 cm³/mol. The first-order chi connectivity index (χ1) is 5.08. The van der Waals surface area contributed by atoms with Crippen molar-refractivity contribution in [2.45, 2.75) is 33.6 Å². The monoisotopic (exact) mass is 330 g/mol. The zero-order chi connectivity index (χ0) is 8.48. The van der Waals surface area contributed by atoms with Gasteiger partial charge < -0.3 is 0 Å². The van der Waals surface area contributed by atoms with Crippen molar-refractivity contribution in [3.05, 3.63) is 21.7 Å². The Kier molecular flexibility index (Phi) is 2.75. The minimum atomic E-state index is 0.379. The van der Waals surface area contributed by atoms with Crippen LogP contribution in [0.2, 0.25) is 0 Å². The maximum atomic E-state index is 2.44. The van der Waals surface area contributed by atoms with Gasteiger partial charge in [0.1, 0.15) is 0 Å². The van der Waals surface area contributed by atoms with E-state index >= 15 is 0 Å². The molecule has 0 atom stereocenters. The van der Waals surface area contributed by atoms with E-state index in [9.17, 15) is 0 Å². The van der Waals surface area contributed by atoms with E-state index in [-0.39, 0.29) is 0 Å². The van der Waals surface area contributed by atoms with Gasteiger partial charge in [-0.05, 0) is 0 Å². The van der Waals surface area contributed by atoms with Crippen molar-refractivity contribution in [2.24, 2.45) is 5.41 Å². The van der Waals surface area contributed by atoms with Gasteiger partial charge in [0.2, 0.25) is 0 Å². The molecular weight excluding hydrogens is 315 g/mol. The molecule has 0 aliphatic heterocycles. The SMILES string of the molecule is CCC(C)(C)C1=[C]([Pt])CC=C1. The average Bonchev–Trinajstić information content (AvgIpc) is 2.36. The molecule has 0 fully saturated rings. The molecule has 11 heavy (non-hydrogen) atoms. The van der Waals surface area contributed by atoms with E-state index in [1.807, 2.05) is 0 Å². The molecule has 0 unspecified atom stereocenters. The van der Waals surface area contributed by atoms with Crippen LogP contribution >= 0.6 is 0 Å². The Hall–Kier alpha value is 0.168. The van der Waals surface area contributed by atoms with Gasteiger partial charge in [0, 0.05) is 0 Å². The molecule has 1 rings (SSSR count). The van der Waals surface area contributed by atoms with E-state index in [4.69, 9.17) is 0 Å². The third kappa shape index (κ3) is 1.85. The summed E-state index contributed by atoms with van der Waals surface area (Å²) in [6.07, 6.45) is 6.92. The molecule has 0 spiro atoms. The number of rotatable bonds is 2. The summed E-state index contributed by atoms with van der Waals surface area (Å²) < 4.78 is 1.52. The second-order valence-corrected chi connectivity index (χ2v) is 5.00. The quantitative estimate of drug-likeness (QED) is 0.729. The molecule has 0 saturated heterocycles. The van der Waals surface area contributed by atoms with E-state index in [0.717, 1.165) is 6.42 Å². The van der Waals surface area contributed by atoms with Crippen LogP contribution in [0.15, 0.2) is 21.7 Å². The molecule has 1 aliphatic carbocycles. The van der Waals surface area contributed by atoms with Gasteiger partial charge in [-0.1, -0.05) is 0 Å². The molecule has 65 valence electrons. The van der Waals surface area contributed by atoms with Crippen LogP contribution in [0, 0.1) is 5.41 Å². The van der Waals surface area contributed by atoms with Crippen LogP contribution in [0.1, 0.15) is 33.6 Å². The van der Waals surface area contributed by atoms with Crippen LogP contribution in [0.25, 0.3) is 0 Å². The van der Waals surface area contributed by atoms with Crippen LogP contribution in [0.4, 0.5) is 0 Å². The van der Waals surface area contributed by atoms with E-state index in [0.29, 0.717) is 5.41 Å². The Morgan fingerprint density at radius 3 is 2.55 bits per heavy atom. The molecule has 0 saturated carbocycles. The Labute approximate surface area is 80.7 Å². The molecule has 0 aromatic carbocycles. The number of hydrogen-bond donors (Lipinski definition) is 0. The minimum absolute atomic E-state index is 0.379. The molecule has 0 aromatic heterocycles. The second-order valence-electron chi connectivity index (χ2n) is 3.63. The van der Waals surface area contributed by atoms with Crippen molar-refractivity contribution in [3.63, 3.8) is 0 Å². The molecular formula is C10H15Pt. The van der Waals surface area contributed by atoms with Gasteiger partial charge in [-0.15, -0.1) is 0 Å². The van der Waals surface area contributed by atoms with Gasteiger partial charge >= 0.3 is 80.5 Å². The number of allylic oxidation sites excluding steroid dienone is 4. The summed E-state index contributed by atoms with van der Waals surface area (Å²) in [5.41, 5.74) is 1.92. The van der Waals surface area contributed by atoms with Crippen LogP contribution in [-0.2, 0) is 19.8 Å². The fourth-order valence-corrected chi connectivity index (χ4v) is 2.46.